The number of benzene rings is 2. The highest BCUT2D eigenvalue weighted by molar-refractivity contribution is 7.84. The fourth-order valence-corrected chi connectivity index (χ4v) is 3.54. The quantitative estimate of drug-likeness (QED) is 0.640. The summed E-state index contributed by atoms with van der Waals surface area (Å²) < 4.78 is 17.1. The normalized spacial score (nSPS) is 12.1. The third kappa shape index (κ3) is 3.57. The number of hydrogen-bond donors (Lipinski definition) is 0. The Hall–Kier alpha value is -2.24. The summed E-state index contributed by atoms with van der Waals surface area (Å²) in [5.41, 5.74) is 2.48. The molecular weight excluding hydrogens is 358 g/mol. The Morgan fingerprint density at radius 2 is 1.84 bits per heavy atom. The fourth-order valence-electron chi connectivity index (χ4n) is 2.61. The molecule has 0 spiro atoms. The number of pyridine rings is 1. The maximum Gasteiger partial charge on any atom is 0.339 e. The summed E-state index contributed by atoms with van der Waals surface area (Å²) >= 11 is 6.38. The van der Waals surface area contributed by atoms with Crippen molar-refractivity contribution in [3.63, 3.8) is 0 Å². The first-order valence-corrected chi connectivity index (χ1v) is 9.56. The Labute approximate surface area is 153 Å². The van der Waals surface area contributed by atoms with Gasteiger partial charge in [-0.15, -0.1) is 0 Å². The standard InChI is InChI=1S/C19H16ClNO3S/c1-12-13-7-3-5-9-15(13)21-16(18(12)20)11-24-19(22)14-8-4-6-10-17(14)25(2)23/h3-10H,11H2,1-2H3/t25-/m0/s1. The van der Waals surface area contributed by atoms with E-state index in [0.717, 1.165) is 16.5 Å². The van der Waals surface area contributed by atoms with E-state index in [1.165, 1.54) is 6.26 Å². The molecule has 0 bridgehead atoms. The molecule has 0 N–H and O–H groups in total. The second kappa shape index (κ2) is 7.33. The van der Waals surface area contributed by atoms with Crippen LogP contribution in [0.3, 0.4) is 0 Å². The molecule has 3 rings (SSSR count). The van der Waals surface area contributed by atoms with E-state index in [-0.39, 0.29) is 12.2 Å². The van der Waals surface area contributed by atoms with E-state index in [1.807, 2.05) is 31.2 Å². The molecule has 0 amide bonds. The van der Waals surface area contributed by atoms with Gasteiger partial charge in [-0.2, -0.15) is 0 Å². The average Bonchev–Trinajstić information content (AvgIpc) is 2.63. The SMILES string of the molecule is Cc1c(Cl)c(COC(=O)c2ccccc2[S@](C)=O)nc2ccccc12. The van der Waals surface area contributed by atoms with Crippen molar-refractivity contribution in [3.8, 4) is 0 Å². The Morgan fingerprint density at radius 1 is 1.16 bits per heavy atom. The predicted octanol–water partition coefficient (Wildman–Crippen LogP) is 4.29. The Bertz CT molecular complexity index is 988. The van der Waals surface area contributed by atoms with Gasteiger partial charge in [0.15, 0.2) is 0 Å². The van der Waals surface area contributed by atoms with Crippen LogP contribution in [0.15, 0.2) is 53.4 Å². The fraction of sp³-hybridized carbons (Fsp3) is 0.158. The minimum Gasteiger partial charge on any atom is -0.455 e. The minimum absolute atomic E-state index is 0.0476. The molecule has 0 aliphatic carbocycles. The number of para-hydroxylation sites is 1. The van der Waals surface area contributed by atoms with Gasteiger partial charge < -0.3 is 4.74 Å². The van der Waals surface area contributed by atoms with Crippen LogP contribution in [0.25, 0.3) is 10.9 Å². The summed E-state index contributed by atoms with van der Waals surface area (Å²) in [4.78, 5) is 17.3. The molecule has 0 radical (unpaired) electrons. The molecule has 0 saturated heterocycles. The number of fused-ring (bicyclic) bond motifs is 1. The summed E-state index contributed by atoms with van der Waals surface area (Å²) in [5, 5.41) is 1.45. The molecule has 0 aliphatic rings. The molecule has 0 unspecified atom stereocenters. The molecule has 0 fully saturated rings. The van der Waals surface area contributed by atoms with Gasteiger partial charge in [-0.3, -0.25) is 4.21 Å². The molecule has 6 heteroatoms. The van der Waals surface area contributed by atoms with Gasteiger partial charge in [0.05, 0.1) is 37.5 Å². The number of aryl methyl sites for hydroxylation is 1. The van der Waals surface area contributed by atoms with E-state index >= 15 is 0 Å². The number of nitrogens with zero attached hydrogens (tertiary/aromatic N) is 1. The number of carbonyl (C=O) groups is 1. The van der Waals surface area contributed by atoms with E-state index in [2.05, 4.69) is 4.98 Å². The van der Waals surface area contributed by atoms with Crippen LogP contribution in [0.2, 0.25) is 5.02 Å². The van der Waals surface area contributed by atoms with E-state index < -0.39 is 16.8 Å². The third-order valence-corrected chi connectivity index (χ3v) is 5.38. The van der Waals surface area contributed by atoms with Crippen LogP contribution >= 0.6 is 11.6 Å². The number of halogens is 1. The zero-order valence-electron chi connectivity index (χ0n) is 13.8. The highest BCUT2D eigenvalue weighted by Crippen LogP contribution is 2.27. The maximum absolute atomic E-state index is 12.4. The number of hydrogen-bond acceptors (Lipinski definition) is 4. The van der Waals surface area contributed by atoms with Crippen LogP contribution in [0.1, 0.15) is 21.6 Å². The first kappa shape index (κ1) is 17.6. The lowest BCUT2D eigenvalue weighted by molar-refractivity contribution is 0.0464. The zero-order valence-corrected chi connectivity index (χ0v) is 15.4. The van der Waals surface area contributed by atoms with Gasteiger partial charge >= 0.3 is 5.97 Å². The zero-order chi connectivity index (χ0) is 18.0. The second-order valence-corrected chi connectivity index (χ2v) is 7.27. The lowest BCUT2D eigenvalue weighted by Gasteiger charge is -2.11. The molecule has 4 nitrogen and oxygen atoms in total. The maximum atomic E-state index is 12.4. The largest absolute Gasteiger partial charge is 0.455 e. The first-order chi connectivity index (χ1) is 12.0. The van der Waals surface area contributed by atoms with Crippen LogP contribution in [0.5, 0.6) is 0 Å². The Kier molecular flexibility index (Phi) is 5.16. The summed E-state index contributed by atoms with van der Waals surface area (Å²) in [7, 11) is -1.28. The van der Waals surface area contributed by atoms with Crippen molar-refractivity contribution < 1.29 is 13.7 Å². The number of aromatic nitrogens is 1. The van der Waals surface area contributed by atoms with Crippen molar-refractivity contribution in [2.45, 2.75) is 18.4 Å². The second-order valence-electron chi connectivity index (χ2n) is 5.54. The highest BCUT2D eigenvalue weighted by atomic mass is 35.5. The van der Waals surface area contributed by atoms with Crippen molar-refractivity contribution in [2.75, 3.05) is 6.26 Å². The summed E-state index contributed by atoms with van der Waals surface area (Å²) in [6.07, 6.45) is 1.53. The van der Waals surface area contributed by atoms with E-state index in [9.17, 15) is 9.00 Å². The molecule has 128 valence electrons. The van der Waals surface area contributed by atoms with Gasteiger partial charge in [0.25, 0.3) is 0 Å². The van der Waals surface area contributed by atoms with Crippen LogP contribution < -0.4 is 0 Å². The Balaban J connectivity index is 1.87. The molecule has 3 aromatic rings. The number of ether oxygens (including phenoxy) is 1. The Morgan fingerprint density at radius 3 is 2.60 bits per heavy atom. The van der Waals surface area contributed by atoms with Gasteiger partial charge in [-0.1, -0.05) is 41.9 Å². The topological polar surface area (TPSA) is 56.3 Å². The molecule has 25 heavy (non-hydrogen) atoms. The number of carbonyl (C=O) groups excluding carboxylic acids is 1. The van der Waals surface area contributed by atoms with Crippen molar-refractivity contribution in [1.82, 2.24) is 4.98 Å². The van der Waals surface area contributed by atoms with Crippen molar-refractivity contribution in [2.24, 2.45) is 0 Å². The molecular formula is C19H16ClNO3S. The summed E-state index contributed by atoms with van der Waals surface area (Å²) in [6.45, 7) is 1.86. The average molecular weight is 374 g/mol. The number of rotatable bonds is 4. The van der Waals surface area contributed by atoms with Crippen LogP contribution in [0, 0.1) is 6.92 Å². The highest BCUT2D eigenvalue weighted by Gasteiger charge is 2.17. The molecule has 0 saturated carbocycles. The van der Waals surface area contributed by atoms with Crippen LogP contribution in [-0.2, 0) is 22.1 Å². The smallest absolute Gasteiger partial charge is 0.339 e. The molecule has 1 aromatic heterocycles. The van der Waals surface area contributed by atoms with Crippen molar-refractivity contribution >= 4 is 39.3 Å². The minimum atomic E-state index is -1.28. The van der Waals surface area contributed by atoms with E-state index in [4.69, 9.17) is 16.3 Å². The monoisotopic (exact) mass is 373 g/mol. The predicted molar refractivity (Wildman–Crippen MR) is 99.4 cm³/mol. The molecule has 1 heterocycles. The lowest BCUT2D eigenvalue weighted by atomic mass is 10.1. The van der Waals surface area contributed by atoms with Crippen LogP contribution in [0.4, 0.5) is 0 Å². The molecule has 0 aliphatic heterocycles. The van der Waals surface area contributed by atoms with Gasteiger partial charge in [-0.05, 0) is 30.7 Å². The van der Waals surface area contributed by atoms with Gasteiger partial charge in [0, 0.05) is 11.6 Å². The van der Waals surface area contributed by atoms with Gasteiger partial charge in [-0.25, -0.2) is 9.78 Å². The summed E-state index contributed by atoms with van der Waals surface area (Å²) in [6, 6.07) is 14.3. The van der Waals surface area contributed by atoms with Crippen molar-refractivity contribution in [1.29, 1.82) is 0 Å². The van der Waals surface area contributed by atoms with Gasteiger partial charge in [0.2, 0.25) is 0 Å². The lowest BCUT2D eigenvalue weighted by Crippen LogP contribution is -2.10. The van der Waals surface area contributed by atoms with Gasteiger partial charge in [0.1, 0.15) is 6.61 Å². The molecule has 2 aromatic carbocycles. The number of esters is 1. The molecule has 1 atom stereocenters. The third-order valence-electron chi connectivity index (χ3n) is 3.90. The van der Waals surface area contributed by atoms with Crippen molar-refractivity contribution in [3.05, 3.63) is 70.4 Å². The van der Waals surface area contributed by atoms with E-state index in [0.29, 0.717) is 15.6 Å². The summed E-state index contributed by atoms with van der Waals surface area (Å²) in [5.74, 6) is -0.547. The first-order valence-electron chi connectivity index (χ1n) is 7.62. The van der Waals surface area contributed by atoms with E-state index in [1.54, 1.807) is 24.3 Å². The van der Waals surface area contributed by atoms with Crippen LogP contribution in [-0.4, -0.2) is 21.4 Å².